The summed E-state index contributed by atoms with van der Waals surface area (Å²) < 4.78 is 0. The van der Waals surface area contributed by atoms with Gasteiger partial charge in [0.2, 0.25) is 0 Å². The lowest BCUT2D eigenvalue weighted by atomic mass is 9.82. The van der Waals surface area contributed by atoms with E-state index in [-0.39, 0.29) is 0 Å². The Morgan fingerprint density at radius 1 is 1.30 bits per heavy atom. The van der Waals surface area contributed by atoms with E-state index in [1.807, 2.05) is 0 Å². The molecule has 1 heterocycles. The highest BCUT2D eigenvalue weighted by molar-refractivity contribution is 5.58. The molecule has 1 fully saturated rings. The molecule has 1 aromatic carbocycles. The van der Waals surface area contributed by atoms with Crippen LogP contribution in [-0.4, -0.2) is 20.1 Å². The van der Waals surface area contributed by atoms with Crippen molar-refractivity contribution in [2.75, 3.05) is 25.0 Å². The fourth-order valence-electron chi connectivity index (χ4n) is 3.90. The molecule has 2 heteroatoms. The first-order chi connectivity index (χ1) is 9.72. The summed E-state index contributed by atoms with van der Waals surface area (Å²) in [5.74, 6) is 1.84. The molecule has 2 aliphatic rings. The first-order valence-corrected chi connectivity index (χ1v) is 8.26. The fourth-order valence-corrected chi connectivity index (χ4v) is 3.90. The Morgan fingerprint density at radius 3 is 3.05 bits per heavy atom. The average Bonchev–Trinajstić information content (AvgIpc) is 2.80. The van der Waals surface area contributed by atoms with Crippen LogP contribution >= 0.6 is 0 Å². The molecule has 2 unspecified atom stereocenters. The van der Waals surface area contributed by atoms with E-state index in [1.165, 1.54) is 62.0 Å². The molecule has 1 aliphatic heterocycles. The Kier molecular flexibility index (Phi) is 4.30. The van der Waals surface area contributed by atoms with E-state index < -0.39 is 0 Å². The topological polar surface area (TPSA) is 15.3 Å². The van der Waals surface area contributed by atoms with Gasteiger partial charge < -0.3 is 10.2 Å². The third-order valence-electron chi connectivity index (χ3n) is 5.08. The summed E-state index contributed by atoms with van der Waals surface area (Å²) in [5, 5.41) is 3.68. The van der Waals surface area contributed by atoms with Crippen LogP contribution in [0.15, 0.2) is 18.2 Å². The molecule has 0 aromatic heterocycles. The maximum absolute atomic E-state index is 3.68. The van der Waals surface area contributed by atoms with Gasteiger partial charge in [-0.25, -0.2) is 0 Å². The molecule has 1 aliphatic carbocycles. The zero-order valence-electron chi connectivity index (χ0n) is 13.0. The van der Waals surface area contributed by atoms with Crippen molar-refractivity contribution in [1.82, 2.24) is 5.32 Å². The van der Waals surface area contributed by atoms with Gasteiger partial charge in [0.15, 0.2) is 0 Å². The predicted molar refractivity (Wildman–Crippen MR) is 86.2 cm³/mol. The van der Waals surface area contributed by atoms with E-state index in [9.17, 15) is 0 Å². The zero-order valence-corrected chi connectivity index (χ0v) is 13.0. The zero-order chi connectivity index (χ0) is 13.9. The van der Waals surface area contributed by atoms with Crippen LogP contribution in [0.2, 0.25) is 0 Å². The lowest BCUT2D eigenvalue weighted by molar-refractivity contribution is 0.274. The van der Waals surface area contributed by atoms with Crippen LogP contribution in [0, 0.1) is 11.8 Å². The van der Waals surface area contributed by atoms with Crippen molar-refractivity contribution >= 4 is 5.69 Å². The molecule has 2 nitrogen and oxygen atoms in total. The minimum absolute atomic E-state index is 0.902. The summed E-state index contributed by atoms with van der Waals surface area (Å²) in [4.78, 5) is 2.36. The van der Waals surface area contributed by atoms with Crippen molar-refractivity contribution in [2.24, 2.45) is 11.8 Å². The number of fused-ring (bicyclic) bond motifs is 1. The highest BCUT2D eigenvalue weighted by atomic mass is 15.1. The van der Waals surface area contributed by atoms with Crippen LogP contribution in [0.3, 0.4) is 0 Å². The van der Waals surface area contributed by atoms with E-state index in [1.54, 1.807) is 0 Å². The lowest BCUT2D eigenvalue weighted by Gasteiger charge is -2.26. The van der Waals surface area contributed by atoms with Crippen molar-refractivity contribution in [1.29, 1.82) is 0 Å². The van der Waals surface area contributed by atoms with Crippen LogP contribution in [0.25, 0.3) is 0 Å². The number of nitrogens with one attached hydrogen (secondary N) is 1. The molecule has 2 atom stereocenters. The van der Waals surface area contributed by atoms with Gasteiger partial charge in [-0.3, -0.25) is 0 Å². The monoisotopic (exact) mass is 272 g/mol. The number of hydrogen-bond donors (Lipinski definition) is 1. The standard InChI is InChI=1S/C18H28N2/c1-14-4-3-5-15(10-14)12-19-13-16-6-7-18-17(11-16)8-9-20(18)2/h6-7,11,14-15,19H,3-5,8-10,12-13H2,1-2H3. The summed E-state index contributed by atoms with van der Waals surface area (Å²) in [6.45, 7) is 5.80. The Labute approximate surface area is 123 Å². The summed E-state index contributed by atoms with van der Waals surface area (Å²) in [6, 6.07) is 6.98. The Balaban J connectivity index is 1.49. The maximum Gasteiger partial charge on any atom is 0.0397 e. The number of rotatable bonds is 4. The lowest BCUT2D eigenvalue weighted by Crippen LogP contribution is -2.26. The Morgan fingerprint density at radius 2 is 2.20 bits per heavy atom. The van der Waals surface area contributed by atoms with Gasteiger partial charge in [-0.15, -0.1) is 0 Å². The molecule has 0 bridgehead atoms. The molecular weight excluding hydrogens is 244 g/mol. The molecule has 1 saturated carbocycles. The highest BCUT2D eigenvalue weighted by Crippen LogP contribution is 2.29. The number of anilines is 1. The number of hydrogen-bond acceptors (Lipinski definition) is 2. The number of likely N-dealkylation sites (N-methyl/N-ethyl adjacent to an activating group) is 1. The quantitative estimate of drug-likeness (QED) is 0.901. The summed E-state index contributed by atoms with van der Waals surface area (Å²) >= 11 is 0. The van der Waals surface area contributed by atoms with Crippen LogP contribution < -0.4 is 10.2 Å². The molecule has 20 heavy (non-hydrogen) atoms. The largest absolute Gasteiger partial charge is 0.374 e. The molecule has 0 spiro atoms. The van der Waals surface area contributed by atoms with Crippen LogP contribution in [0.1, 0.15) is 43.7 Å². The molecule has 0 amide bonds. The van der Waals surface area contributed by atoms with Gasteiger partial charge in [-0.05, 0) is 54.8 Å². The maximum atomic E-state index is 3.68. The van der Waals surface area contributed by atoms with Gasteiger partial charge in [-0.2, -0.15) is 0 Å². The van der Waals surface area contributed by atoms with Gasteiger partial charge in [-0.1, -0.05) is 31.9 Å². The SMILES string of the molecule is CC1CCCC(CNCc2ccc3c(c2)CCN3C)C1. The van der Waals surface area contributed by atoms with E-state index in [2.05, 4.69) is 42.4 Å². The smallest absolute Gasteiger partial charge is 0.0397 e. The number of benzene rings is 1. The average molecular weight is 272 g/mol. The van der Waals surface area contributed by atoms with Gasteiger partial charge >= 0.3 is 0 Å². The second kappa shape index (κ2) is 6.17. The first-order valence-electron chi connectivity index (χ1n) is 8.26. The predicted octanol–water partition coefficient (Wildman–Crippen LogP) is 3.59. The molecule has 3 rings (SSSR count). The van der Waals surface area contributed by atoms with E-state index >= 15 is 0 Å². The van der Waals surface area contributed by atoms with E-state index in [4.69, 9.17) is 0 Å². The molecule has 0 radical (unpaired) electrons. The van der Waals surface area contributed by atoms with Crippen molar-refractivity contribution in [3.8, 4) is 0 Å². The van der Waals surface area contributed by atoms with Gasteiger partial charge in [0.1, 0.15) is 0 Å². The van der Waals surface area contributed by atoms with E-state index in [0.717, 1.165) is 18.4 Å². The van der Waals surface area contributed by atoms with Gasteiger partial charge in [0.05, 0.1) is 0 Å². The van der Waals surface area contributed by atoms with Crippen LogP contribution in [-0.2, 0) is 13.0 Å². The highest BCUT2D eigenvalue weighted by Gasteiger charge is 2.18. The van der Waals surface area contributed by atoms with Crippen LogP contribution in [0.5, 0.6) is 0 Å². The minimum atomic E-state index is 0.902. The van der Waals surface area contributed by atoms with Crippen molar-refractivity contribution in [3.63, 3.8) is 0 Å². The van der Waals surface area contributed by atoms with Gasteiger partial charge in [0, 0.05) is 25.8 Å². The molecular formula is C18H28N2. The summed E-state index contributed by atoms with van der Waals surface area (Å²) in [5.41, 5.74) is 4.40. The third-order valence-corrected chi connectivity index (χ3v) is 5.08. The molecule has 1 N–H and O–H groups in total. The Hall–Kier alpha value is -1.02. The van der Waals surface area contributed by atoms with Gasteiger partial charge in [0.25, 0.3) is 0 Å². The van der Waals surface area contributed by atoms with Crippen LogP contribution in [0.4, 0.5) is 5.69 Å². The fraction of sp³-hybridized carbons (Fsp3) is 0.667. The molecule has 1 aromatic rings. The third kappa shape index (κ3) is 3.17. The minimum Gasteiger partial charge on any atom is -0.374 e. The van der Waals surface area contributed by atoms with E-state index in [0.29, 0.717) is 0 Å². The van der Waals surface area contributed by atoms with Crippen molar-refractivity contribution in [2.45, 2.75) is 45.6 Å². The summed E-state index contributed by atoms with van der Waals surface area (Å²) in [7, 11) is 2.19. The molecule has 0 saturated heterocycles. The number of nitrogens with zero attached hydrogens (tertiary/aromatic N) is 1. The normalized spacial score (nSPS) is 25.8. The van der Waals surface area contributed by atoms with Crippen molar-refractivity contribution < 1.29 is 0 Å². The molecule has 110 valence electrons. The van der Waals surface area contributed by atoms with Crippen molar-refractivity contribution in [3.05, 3.63) is 29.3 Å². The summed E-state index contributed by atoms with van der Waals surface area (Å²) in [6.07, 6.45) is 6.92. The Bertz CT molecular complexity index is 455. The second-order valence-corrected chi connectivity index (χ2v) is 6.90. The first kappa shape index (κ1) is 13.9. The second-order valence-electron chi connectivity index (χ2n) is 6.90.